The van der Waals surface area contributed by atoms with E-state index in [1.54, 1.807) is 30.3 Å². The van der Waals surface area contributed by atoms with Crippen LogP contribution in [0.1, 0.15) is 0 Å². The van der Waals surface area contributed by atoms with Crippen molar-refractivity contribution in [1.82, 2.24) is 0 Å². The third-order valence-corrected chi connectivity index (χ3v) is 2.26. The first-order chi connectivity index (χ1) is 8.46. The van der Waals surface area contributed by atoms with Gasteiger partial charge in [-0.3, -0.25) is 0 Å². The predicted octanol–water partition coefficient (Wildman–Crippen LogP) is 4.39. The van der Waals surface area contributed by atoms with Gasteiger partial charge in [0, 0.05) is 0 Å². The van der Waals surface area contributed by atoms with Crippen LogP contribution >= 0.6 is 0 Å². The molecule has 0 aliphatic heterocycles. The third kappa shape index (κ3) is 3.00. The lowest BCUT2D eigenvalue weighted by atomic mass is 10.1. The zero-order valence-electron chi connectivity index (χ0n) is 9.04. The third-order valence-electron chi connectivity index (χ3n) is 2.26. The molecule has 94 valence electrons. The number of ether oxygens (including phenoxy) is 1. The van der Waals surface area contributed by atoms with E-state index in [1.807, 2.05) is 0 Å². The maximum absolute atomic E-state index is 13.4. The van der Waals surface area contributed by atoms with E-state index in [-0.39, 0.29) is 0 Å². The first kappa shape index (κ1) is 12.4. The van der Waals surface area contributed by atoms with Gasteiger partial charge in [0.25, 0.3) is 0 Å². The van der Waals surface area contributed by atoms with Crippen LogP contribution < -0.4 is 4.74 Å². The molecule has 5 heteroatoms. The van der Waals surface area contributed by atoms with Crippen LogP contribution in [0.15, 0.2) is 48.5 Å². The van der Waals surface area contributed by atoms with E-state index in [2.05, 4.69) is 4.74 Å². The second-order valence-corrected chi connectivity index (χ2v) is 3.56. The van der Waals surface area contributed by atoms with Crippen molar-refractivity contribution in [2.45, 2.75) is 6.36 Å². The largest absolute Gasteiger partial charge is 0.573 e. The van der Waals surface area contributed by atoms with E-state index >= 15 is 0 Å². The van der Waals surface area contributed by atoms with Crippen LogP contribution in [-0.4, -0.2) is 6.36 Å². The highest BCUT2D eigenvalue weighted by atomic mass is 19.4. The first-order valence-corrected chi connectivity index (χ1v) is 5.06. The van der Waals surface area contributed by atoms with Gasteiger partial charge < -0.3 is 4.74 Å². The number of rotatable bonds is 2. The Labute approximate surface area is 101 Å². The molecule has 0 radical (unpaired) electrons. The van der Waals surface area contributed by atoms with Gasteiger partial charge >= 0.3 is 6.36 Å². The van der Waals surface area contributed by atoms with Gasteiger partial charge in [0.1, 0.15) is 0 Å². The predicted molar refractivity (Wildman–Crippen MR) is 58.5 cm³/mol. The van der Waals surface area contributed by atoms with Gasteiger partial charge in [0.2, 0.25) is 0 Å². The monoisotopic (exact) mass is 256 g/mol. The summed E-state index contributed by atoms with van der Waals surface area (Å²) in [5.41, 5.74) is 1.21. The van der Waals surface area contributed by atoms with Gasteiger partial charge in [-0.25, -0.2) is 4.39 Å². The Morgan fingerprint density at radius 3 is 2.06 bits per heavy atom. The molecule has 1 nitrogen and oxygen atoms in total. The van der Waals surface area contributed by atoms with E-state index in [0.29, 0.717) is 5.56 Å². The van der Waals surface area contributed by atoms with Gasteiger partial charge in [-0.15, -0.1) is 13.2 Å². The van der Waals surface area contributed by atoms with E-state index in [4.69, 9.17) is 0 Å². The fourth-order valence-electron chi connectivity index (χ4n) is 1.52. The molecule has 0 heterocycles. The lowest BCUT2D eigenvalue weighted by Gasteiger charge is -2.10. The second-order valence-electron chi connectivity index (χ2n) is 3.56. The standard InChI is InChI=1S/C13H8F4O/c14-11-8-10(9-4-2-1-3-5-9)6-7-12(11)18-13(15,16)17/h1-8H. The summed E-state index contributed by atoms with van der Waals surface area (Å²) in [4.78, 5) is 0. The van der Waals surface area contributed by atoms with Gasteiger partial charge in [-0.1, -0.05) is 36.4 Å². The molecular formula is C13H8F4O. The fraction of sp³-hybridized carbons (Fsp3) is 0.0769. The first-order valence-electron chi connectivity index (χ1n) is 5.06. The lowest BCUT2D eigenvalue weighted by molar-refractivity contribution is -0.275. The zero-order chi connectivity index (χ0) is 13.2. The average Bonchev–Trinajstić information content (AvgIpc) is 2.31. The molecule has 0 aliphatic rings. The molecule has 0 fully saturated rings. The molecule has 2 aromatic carbocycles. The van der Waals surface area contributed by atoms with Crippen LogP contribution in [0, 0.1) is 5.82 Å². The molecule has 0 atom stereocenters. The molecule has 2 rings (SSSR count). The number of hydrogen-bond donors (Lipinski definition) is 0. The van der Waals surface area contributed by atoms with Crippen LogP contribution in [0.4, 0.5) is 17.6 Å². The Balaban J connectivity index is 2.31. The Morgan fingerprint density at radius 1 is 0.833 bits per heavy atom. The SMILES string of the molecule is Fc1cc(-c2ccccc2)ccc1OC(F)(F)F. The van der Waals surface area contributed by atoms with Crippen molar-refractivity contribution < 1.29 is 22.3 Å². The number of halogens is 4. The van der Waals surface area contributed by atoms with Crippen molar-refractivity contribution in [3.8, 4) is 16.9 Å². The van der Waals surface area contributed by atoms with E-state index in [1.165, 1.54) is 6.07 Å². The molecule has 0 bridgehead atoms. The Morgan fingerprint density at radius 2 is 1.50 bits per heavy atom. The molecule has 0 saturated carbocycles. The van der Waals surface area contributed by atoms with Crippen molar-refractivity contribution in [2.75, 3.05) is 0 Å². The molecule has 0 unspecified atom stereocenters. The summed E-state index contributed by atoms with van der Waals surface area (Å²) in [5, 5.41) is 0. The average molecular weight is 256 g/mol. The van der Waals surface area contributed by atoms with E-state index in [0.717, 1.165) is 17.7 Å². The smallest absolute Gasteiger partial charge is 0.403 e. The Kier molecular flexibility index (Phi) is 3.23. The highest BCUT2D eigenvalue weighted by Gasteiger charge is 2.32. The highest BCUT2D eigenvalue weighted by molar-refractivity contribution is 5.64. The van der Waals surface area contributed by atoms with E-state index in [9.17, 15) is 17.6 Å². The quantitative estimate of drug-likeness (QED) is 0.724. The van der Waals surface area contributed by atoms with E-state index < -0.39 is 17.9 Å². The zero-order valence-corrected chi connectivity index (χ0v) is 9.04. The van der Waals surface area contributed by atoms with Crippen LogP contribution in [0.5, 0.6) is 5.75 Å². The van der Waals surface area contributed by atoms with Crippen molar-refractivity contribution in [1.29, 1.82) is 0 Å². The summed E-state index contributed by atoms with van der Waals surface area (Å²) >= 11 is 0. The molecule has 0 spiro atoms. The van der Waals surface area contributed by atoms with Crippen molar-refractivity contribution in [3.05, 3.63) is 54.3 Å². The second kappa shape index (κ2) is 4.68. The normalized spacial score (nSPS) is 11.3. The number of benzene rings is 2. The molecule has 0 amide bonds. The highest BCUT2D eigenvalue weighted by Crippen LogP contribution is 2.29. The minimum Gasteiger partial charge on any atom is -0.403 e. The molecule has 18 heavy (non-hydrogen) atoms. The summed E-state index contributed by atoms with van der Waals surface area (Å²) in [6.07, 6.45) is -4.89. The molecule has 0 aromatic heterocycles. The minimum atomic E-state index is -4.89. The summed E-state index contributed by atoms with van der Waals surface area (Å²) in [5.74, 6) is -1.88. The van der Waals surface area contributed by atoms with Crippen LogP contribution in [0.25, 0.3) is 11.1 Å². The Hall–Kier alpha value is -2.04. The van der Waals surface area contributed by atoms with Crippen LogP contribution in [0.3, 0.4) is 0 Å². The van der Waals surface area contributed by atoms with Gasteiger partial charge in [-0.05, 0) is 23.3 Å². The summed E-state index contributed by atoms with van der Waals surface area (Å²) in [6.45, 7) is 0. The lowest BCUT2D eigenvalue weighted by Crippen LogP contribution is -2.17. The van der Waals surface area contributed by atoms with Crippen molar-refractivity contribution in [2.24, 2.45) is 0 Å². The minimum absolute atomic E-state index is 0.489. The van der Waals surface area contributed by atoms with Gasteiger partial charge in [0.05, 0.1) is 0 Å². The maximum atomic E-state index is 13.4. The molecule has 0 saturated heterocycles. The Bertz CT molecular complexity index is 534. The molecule has 0 N–H and O–H groups in total. The molecule has 2 aromatic rings. The van der Waals surface area contributed by atoms with Gasteiger partial charge in [0.15, 0.2) is 11.6 Å². The summed E-state index contributed by atoms with van der Waals surface area (Å²) in [7, 11) is 0. The van der Waals surface area contributed by atoms with Crippen molar-refractivity contribution >= 4 is 0 Å². The maximum Gasteiger partial charge on any atom is 0.573 e. The topological polar surface area (TPSA) is 9.23 Å². The van der Waals surface area contributed by atoms with Crippen LogP contribution in [-0.2, 0) is 0 Å². The summed E-state index contributed by atoms with van der Waals surface area (Å²) in [6, 6.07) is 12.1. The molecular weight excluding hydrogens is 248 g/mol. The molecule has 0 aliphatic carbocycles. The number of hydrogen-bond acceptors (Lipinski definition) is 1. The summed E-state index contributed by atoms with van der Waals surface area (Å²) < 4.78 is 52.9. The van der Waals surface area contributed by atoms with Crippen LogP contribution in [0.2, 0.25) is 0 Å². The van der Waals surface area contributed by atoms with Crippen molar-refractivity contribution in [3.63, 3.8) is 0 Å². The number of alkyl halides is 3. The van der Waals surface area contributed by atoms with Gasteiger partial charge in [-0.2, -0.15) is 0 Å². The fourth-order valence-corrected chi connectivity index (χ4v) is 1.52.